The second-order valence-electron chi connectivity index (χ2n) is 5.07. The summed E-state index contributed by atoms with van der Waals surface area (Å²) in [7, 11) is 1.28. The summed E-state index contributed by atoms with van der Waals surface area (Å²) >= 11 is 0. The molecule has 0 N–H and O–H groups in total. The van der Waals surface area contributed by atoms with E-state index in [0.29, 0.717) is 23.1 Å². The van der Waals surface area contributed by atoms with Crippen LogP contribution in [0.5, 0.6) is 0 Å². The summed E-state index contributed by atoms with van der Waals surface area (Å²) in [5.41, 5.74) is 1.76. The number of Topliss-reactive ketones (excluding diaryl/α,β-unsaturated/α-hetero) is 2. The summed E-state index contributed by atoms with van der Waals surface area (Å²) in [5, 5.41) is 0. The standard InChI is InChI=1S/C19H18O4/c1-3-17(20)14-9-5-4-8-13(14)12-18(21)15-10-6-7-11-16(15)19(22)23-2/h4-11H,3,12H2,1-2H3. The summed E-state index contributed by atoms with van der Waals surface area (Å²) in [5.74, 6) is -0.774. The van der Waals surface area contributed by atoms with E-state index in [1.165, 1.54) is 7.11 Å². The first-order valence-corrected chi connectivity index (χ1v) is 7.40. The molecule has 0 aliphatic rings. The molecule has 0 heterocycles. The summed E-state index contributed by atoms with van der Waals surface area (Å²) in [6.45, 7) is 1.79. The molecule has 0 atom stereocenters. The maximum atomic E-state index is 12.6. The zero-order chi connectivity index (χ0) is 16.8. The highest BCUT2D eigenvalue weighted by Gasteiger charge is 2.19. The molecule has 118 valence electrons. The second-order valence-corrected chi connectivity index (χ2v) is 5.07. The molecule has 2 aromatic carbocycles. The van der Waals surface area contributed by atoms with Crippen LogP contribution in [0.1, 0.15) is 50.0 Å². The molecule has 0 saturated carbocycles. The van der Waals surface area contributed by atoms with Crippen LogP contribution in [-0.4, -0.2) is 24.6 Å². The lowest BCUT2D eigenvalue weighted by Gasteiger charge is -2.09. The van der Waals surface area contributed by atoms with Crippen molar-refractivity contribution < 1.29 is 19.1 Å². The van der Waals surface area contributed by atoms with E-state index < -0.39 is 5.97 Å². The van der Waals surface area contributed by atoms with Crippen LogP contribution in [0.4, 0.5) is 0 Å². The van der Waals surface area contributed by atoms with E-state index in [1.54, 1.807) is 55.5 Å². The van der Waals surface area contributed by atoms with E-state index >= 15 is 0 Å². The van der Waals surface area contributed by atoms with Gasteiger partial charge in [-0.3, -0.25) is 9.59 Å². The van der Waals surface area contributed by atoms with Crippen molar-refractivity contribution in [2.24, 2.45) is 0 Å². The third-order valence-corrected chi connectivity index (χ3v) is 3.62. The Morgan fingerprint density at radius 3 is 2.00 bits per heavy atom. The quantitative estimate of drug-likeness (QED) is 0.605. The number of carbonyl (C=O) groups excluding carboxylic acids is 3. The molecule has 0 unspecified atom stereocenters. The number of carbonyl (C=O) groups is 3. The van der Waals surface area contributed by atoms with E-state index in [0.717, 1.165) is 0 Å². The molecule has 2 rings (SSSR count). The molecule has 23 heavy (non-hydrogen) atoms. The van der Waals surface area contributed by atoms with E-state index in [2.05, 4.69) is 0 Å². The van der Waals surface area contributed by atoms with Crippen molar-refractivity contribution in [2.75, 3.05) is 7.11 Å². The van der Waals surface area contributed by atoms with Gasteiger partial charge in [0, 0.05) is 24.0 Å². The first-order valence-electron chi connectivity index (χ1n) is 7.40. The number of ketones is 2. The summed E-state index contributed by atoms with van der Waals surface area (Å²) in [4.78, 5) is 36.4. The van der Waals surface area contributed by atoms with Crippen molar-refractivity contribution in [3.8, 4) is 0 Å². The molecule has 0 bridgehead atoms. The SMILES string of the molecule is CCC(=O)c1ccccc1CC(=O)c1ccccc1C(=O)OC. The number of hydrogen-bond donors (Lipinski definition) is 0. The molecule has 0 aliphatic heterocycles. The molecule has 4 heteroatoms. The topological polar surface area (TPSA) is 60.4 Å². The Hall–Kier alpha value is -2.75. The molecule has 0 saturated heterocycles. The number of methoxy groups -OCH3 is 1. The fourth-order valence-electron chi connectivity index (χ4n) is 2.42. The zero-order valence-corrected chi connectivity index (χ0v) is 13.2. The third kappa shape index (κ3) is 3.72. The smallest absolute Gasteiger partial charge is 0.338 e. The van der Waals surface area contributed by atoms with Crippen molar-refractivity contribution in [3.63, 3.8) is 0 Å². The van der Waals surface area contributed by atoms with Crippen LogP contribution >= 0.6 is 0 Å². The maximum absolute atomic E-state index is 12.6. The third-order valence-electron chi connectivity index (χ3n) is 3.62. The fraction of sp³-hybridized carbons (Fsp3) is 0.211. The van der Waals surface area contributed by atoms with E-state index in [9.17, 15) is 14.4 Å². The number of hydrogen-bond acceptors (Lipinski definition) is 4. The minimum absolute atomic E-state index is 0.00495. The van der Waals surface area contributed by atoms with Crippen LogP contribution in [0, 0.1) is 0 Å². The lowest BCUT2D eigenvalue weighted by Crippen LogP contribution is -2.13. The Morgan fingerprint density at radius 1 is 0.826 bits per heavy atom. The molecule has 0 spiro atoms. The molecule has 0 fully saturated rings. The molecule has 0 aromatic heterocycles. The number of esters is 1. The monoisotopic (exact) mass is 310 g/mol. The average Bonchev–Trinajstić information content (AvgIpc) is 2.60. The number of benzene rings is 2. The highest BCUT2D eigenvalue weighted by atomic mass is 16.5. The van der Waals surface area contributed by atoms with Gasteiger partial charge in [0.25, 0.3) is 0 Å². The van der Waals surface area contributed by atoms with Crippen LogP contribution in [0.3, 0.4) is 0 Å². The highest BCUT2D eigenvalue weighted by Crippen LogP contribution is 2.17. The van der Waals surface area contributed by atoms with Crippen molar-refractivity contribution in [1.82, 2.24) is 0 Å². The van der Waals surface area contributed by atoms with Crippen LogP contribution in [0.25, 0.3) is 0 Å². The minimum atomic E-state index is -0.549. The Bertz CT molecular complexity index is 747. The molecule has 0 radical (unpaired) electrons. The van der Waals surface area contributed by atoms with E-state index in [1.807, 2.05) is 0 Å². The summed E-state index contributed by atoms with van der Waals surface area (Å²) in [6.07, 6.45) is 0.444. The maximum Gasteiger partial charge on any atom is 0.338 e. The van der Waals surface area contributed by atoms with Gasteiger partial charge in [-0.15, -0.1) is 0 Å². The van der Waals surface area contributed by atoms with Gasteiger partial charge in [0.1, 0.15) is 0 Å². The Kier molecular flexibility index (Phi) is 5.41. The van der Waals surface area contributed by atoms with Gasteiger partial charge in [-0.05, 0) is 11.6 Å². The molecular formula is C19H18O4. The fourth-order valence-corrected chi connectivity index (χ4v) is 2.42. The van der Waals surface area contributed by atoms with Crippen molar-refractivity contribution in [3.05, 3.63) is 70.8 Å². The van der Waals surface area contributed by atoms with Crippen LogP contribution in [0.2, 0.25) is 0 Å². The van der Waals surface area contributed by atoms with Gasteiger partial charge in [0.2, 0.25) is 0 Å². The van der Waals surface area contributed by atoms with Crippen LogP contribution < -0.4 is 0 Å². The molecule has 2 aromatic rings. The van der Waals surface area contributed by atoms with E-state index in [4.69, 9.17) is 4.74 Å². The summed E-state index contributed by atoms with van der Waals surface area (Å²) < 4.78 is 4.71. The predicted molar refractivity (Wildman–Crippen MR) is 86.9 cm³/mol. The van der Waals surface area contributed by atoms with Gasteiger partial charge in [-0.1, -0.05) is 49.4 Å². The Balaban J connectivity index is 2.34. The molecule has 0 aliphatic carbocycles. The first-order chi connectivity index (χ1) is 11.1. The normalized spacial score (nSPS) is 10.2. The van der Waals surface area contributed by atoms with Crippen LogP contribution in [-0.2, 0) is 11.2 Å². The second kappa shape index (κ2) is 7.49. The van der Waals surface area contributed by atoms with Gasteiger partial charge >= 0.3 is 5.97 Å². The minimum Gasteiger partial charge on any atom is -0.465 e. The molecular weight excluding hydrogens is 292 g/mol. The summed E-state index contributed by atoms with van der Waals surface area (Å²) in [6, 6.07) is 13.6. The van der Waals surface area contributed by atoms with E-state index in [-0.39, 0.29) is 23.6 Å². The van der Waals surface area contributed by atoms with Gasteiger partial charge in [-0.2, -0.15) is 0 Å². The van der Waals surface area contributed by atoms with Crippen molar-refractivity contribution in [1.29, 1.82) is 0 Å². The number of rotatable bonds is 6. The Labute approximate surface area is 135 Å². The Morgan fingerprint density at radius 2 is 1.39 bits per heavy atom. The molecule has 4 nitrogen and oxygen atoms in total. The van der Waals surface area contributed by atoms with Crippen molar-refractivity contribution >= 4 is 17.5 Å². The lowest BCUT2D eigenvalue weighted by atomic mass is 9.94. The predicted octanol–water partition coefficient (Wildman–Crippen LogP) is 3.49. The highest BCUT2D eigenvalue weighted by molar-refractivity contribution is 6.08. The van der Waals surface area contributed by atoms with Gasteiger partial charge in [0.15, 0.2) is 11.6 Å². The number of ether oxygens (including phenoxy) is 1. The first kappa shape index (κ1) is 16.6. The van der Waals surface area contributed by atoms with Gasteiger partial charge in [0.05, 0.1) is 12.7 Å². The molecule has 0 amide bonds. The van der Waals surface area contributed by atoms with Gasteiger partial charge < -0.3 is 4.74 Å². The average molecular weight is 310 g/mol. The van der Waals surface area contributed by atoms with Gasteiger partial charge in [-0.25, -0.2) is 4.79 Å². The largest absolute Gasteiger partial charge is 0.465 e. The van der Waals surface area contributed by atoms with Crippen molar-refractivity contribution in [2.45, 2.75) is 19.8 Å². The zero-order valence-electron chi connectivity index (χ0n) is 13.2. The lowest BCUT2D eigenvalue weighted by molar-refractivity contribution is 0.0597. The van der Waals surface area contributed by atoms with Crippen LogP contribution in [0.15, 0.2) is 48.5 Å².